The molecule has 0 bridgehead atoms. The van der Waals surface area contributed by atoms with Crippen LogP contribution in [0.25, 0.3) is 6.08 Å². The van der Waals surface area contributed by atoms with E-state index in [1.54, 1.807) is 12.3 Å². The Labute approximate surface area is 79.1 Å². The van der Waals surface area contributed by atoms with E-state index >= 15 is 0 Å². The van der Waals surface area contributed by atoms with Crippen LogP contribution in [0.15, 0.2) is 54.1 Å². The van der Waals surface area contributed by atoms with Crippen LogP contribution < -0.4 is 0 Å². The minimum absolute atomic E-state index is 0.680. The van der Waals surface area contributed by atoms with Gasteiger partial charge in [-0.05, 0) is 11.6 Å². The average molecular weight is 171 g/mol. The van der Waals surface area contributed by atoms with Gasteiger partial charge < -0.3 is 0 Å². The summed E-state index contributed by atoms with van der Waals surface area (Å²) < 4.78 is 0. The van der Waals surface area contributed by atoms with E-state index in [0.29, 0.717) is 6.54 Å². The highest BCUT2D eigenvalue weighted by Crippen LogP contribution is 1.99. The Hall–Kier alpha value is -1.63. The first kappa shape index (κ1) is 9.46. The van der Waals surface area contributed by atoms with Gasteiger partial charge in [0.1, 0.15) is 0 Å². The van der Waals surface area contributed by atoms with Crippen molar-refractivity contribution in [1.29, 1.82) is 0 Å². The van der Waals surface area contributed by atoms with Crippen LogP contribution in [0.4, 0.5) is 0 Å². The standard InChI is InChI=1S/C12H13N/c1-2-10-13-11-6-9-12-7-4-3-5-8-12/h2-9,11H,1,10H2. The summed E-state index contributed by atoms with van der Waals surface area (Å²) in [4.78, 5) is 4.08. The topological polar surface area (TPSA) is 12.4 Å². The lowest BCUT2D eigenvalue weighted by atomic mass is 10.2. The largest absolute Gasteiger partial charge is 0.289 e. The molecule has 0 unspecified atom stereocenters. The van der Waals surface area contributed by atoms with Crippen LogP contribution >= 0.6 is 0 Å². The molecule has 0 atom stereocenters. The van der Waals surface area contributed by atoms with E-state index in [0.717, 1.165) is 0 Å². The summed E-state index contributed by atoms with van der Waals surface area (Å²) >= 11 is 0. The maximum Gasteiger partial charge on any atom is 0.0567 e. The lowest BCUT2D eigenvalue weighted by Gasteiger charge is -1.88. The Bertz CT molecular complexity index is 296. The molecule has 0 N–H and O–H groups in total. The molecule has 0 saturated carbocycles. The molecule has 0 saturated heterocycles. The normalized spacial score (nSPS) is 11.1. The minimum Gasteiger partial charge on any atom is -0.289 e. The maximum atomic E-state index is 4.08. The molecule has 1 rings (SSSR count). The molecule has 1 heteroatoms. The molecule has 0 aromatic heterocycles. The summed E-state index contributed by atoms with van der Waals surface area (Å²) in [5.74, 6) is 0. The van der Waals surface area contributed by atoms with Crippen molar-refractivity contribution in [3.8, 4) is 0 Å². The third kappa shape index (κ3) is 4.06. The van der Waals surface area contributed by atoms with Crippen molar-refractivity contribution in [3.63, 3.8) is 0 Å². The van der Waals surface area contributed by atoms with Crippen LogP contribution in [0.5, 0.6) is 0 Å². The van der Waals surface area contributed by atoms with E-state index in [1.807, 2.05) is 30.4 Å². The number of benzene rings is 1. The molecule has 0 aliphatic rings. The van der Waals surface area contributed by atoms with Crippen molar-refractivity contribution >= 4 is 12.3 Å². The average Bonchev–Trinajstić information content (AvgIpc) is 2.19. The zero-order valence-electron chi connectivity index (χ0n) is 7.56. The Balaban J connectivity index is 2.45. The van der Waals surface area contributed by atoms with Gasteiger partial charge in [0.15, 0.2) is 0 Å². The SMILES string of the molecule is C=CCN=CC=Cc1ccccc1. The summed E-state index contributed by atoms with van der Waals surface area (Å²) in [5, 5.41) is 0. The van der Waals surface area contributed by atoms with E-state index in [1.165, 1.54) is 5.56 Å². The molecule has 0 radical (unpaired) electrons. The molecule has 0 aliphatic heterocycles. The van der Waals surface area contributed by atoms with Gasteiger partial charge in [-0.25, -0.2) is 0 Å². The molecule has 0 aliphatic carbocycles. The summed E-state index contributed by atoms with van der Waals surface area (Å²) in [6.45, 7) is 4.26. The number of nitrogens with zero attached hydrogens (tertiary/aromatic N) is 1. The molecule has 0 heterocycles. The highest BCUT2D eigenvalue weighted by Gasteiger charge is 1.79. The van der Waals surface area contributed by atoms with Gasteiger partial charge >= 0.3 is 0 Å². The Morgan fingerprint density at radius 2 is 2.00 bits per heavy atom. The second kappa shape index (κ2) is 5.95. The van der Waals surface area contributed by atoms with Gasteiger partial charge in [0.05, 0.1) is 6.54 Å². The number of rotatable bonds is 4. The predicted octanol–water partition coefficient (Wildman–Crippen LogP) is 2.96. The molecule has 66 valence electrons. The summed E-state index contributed by atoms with van der Waals surface area (Å²) in [5.41, 5.74) is 1.19. The monoisotopic (exact) mass is 171 g/mol. The third-order valence-electron chi connectivity index (χ3n) is 1.51. The Kier molecular flexibility index (Phi) is 4.33. The van der Waals surface area contributed by atoms with E-state index in [-0.39, 0.29) is 0 Å². The van der Waals surface area contributed by atoms with Crippen LogP contribution in [0.1, 0.15) is 5.56 Å². The minimum atomic E-state index is 0.680. The van der Waals surface area contributed by atoms with Gasteiger partial charge in [-0.2, -0.15) is 0 Å². The summed E-state index contributed by atoms with van der Waals surface area (Å²) in [6, 6.07) is 10.1. The Morgan fingerprint density at radius 3 is 2.69 bits per heavy atom. The first-order chi connectivity index (χ1) is 6.43. The first-order valence-corrected chi connectivity index (χ1v) is 4.26. The first-order valence-electron chi connectivity index (χ1n) is 4.26. The van der Waals surface area contributed by atoms with Crippen molar-refractivity contribution in [1.82, 2.24) is 0 Å². The van der Waals surface area contributed by atoms with Crippen molar-refractivity contribution in [2.24, 2.45) is 4.99 Å². The smallest absolute Gasteiger partial charge is 0.0567 e. The fourth-order valence-electron chi connectivity index (χ4n) is 0.915. The van der Waals surface area contributed by atoms with Crippen LogP contribution in [-0.4, -0.2) is 12.8 Å². The van der Waals surface area contributed by atoms with Crippen molar-refractivity contribution in [2.45, 2.75) is 0 Å². The maximum absolute atomic E-state index is 4.08. The van der Waals surface area contributed by atoms with Crippen LogP contribution in [0.3, 0.4) is 0 Å². The van der Waals surface area contributed by atoms with E-state index in [9.17, 15) is 0 Å². The number of allylic oxidation sites excluding steroid dienone is 1. The van der Waals surface area contributed by atoms with Gasteiger partial charge in [0.2, 0.25) is 0 Å². The fourth-order valence-corrected chi connectivity index (χ4v) is 0.915. The van der Waals surface area contributed by atoms with Crippen molar-refractivity contribution in [2.75, 3.05) is 6.54 Å². The molecule has 1 nitrogen and oxygen atoms in total. The van der Waals surface area contributed by atoms with Crippen LogP contribution in [0, 0.1) is 0 Å². The molecule has 0 fully saturated rings. The van der Waals surface area contributed by atoms with E-state index in [2.05, 4.69) is 23.7 Å². The lowest BCUT2D eigenvalue weighted by molar-refractivity contribution is 1.27. The quantitative estimate of drug-likeness (QED) is 0.488. The predicted molar refractivity (Wildman–Crippen MR) is 59.0 cm³/mol. The Morgan fingerprint density at radius 1 is 1.23 bits per heavy atom. The lowest BCUT2D eigenvalue weighted by Crippen LogP contribution is -1.72. The van der Waals surface area contributed by atoms with Gasteiger partial charge in [-0.15, -0.1) is 6.58 Å². The molecule has 0 spiro atoms. The van der Waals surface area contributed by atoms with Crippen molar-refractivity contribution < 1.29 is 0 Å². The molecule has 0 amide bonds. The molecule has 13 heavy (non-hydrogen) atoms. The molecule has 1 aromatic carbocycles. The number of hydrogen-bond donors (Lipinski definition) is 0. The second-order valence-electron chi connectivity index (χ2n) is 2.57. The summed E-state index contributed by atoms with van der Waals surface area (Å²) in [7, 11) is 0. The number of hydrogen-bond acceptors (Lipinski definition) is 1. The summed E-state index contributed by atoms with van der Waals surface area (Å²) in [6.07, 6.45) is 7.51. The van der Waals surface area contributed by atoms with Crippen LogP contribution in [0.2, 0.25) is 0 Å². The van der Waals surface area contributed by atoms with Gasteiger partial charge in [0.25, 0.3) is 0 Å². The molecule has 1 aromatic rings. The second-order valence-corrected chi connectivity index (χ2v) is 2.57. The van der Waals surface area contributed by atoms with Crippen LogP contribution in [-0.2, 0) is 0 Å². The van der Waals surface area contributed by atoms with Gasteiger partial charge in [-0.3, -0.25) is 4.99 Å². The van der Waals surface area contributed by atoms with E-state index < -0.39 is 0 Å². The number of aliphatic imine (C=N–C) groups is 1. The van der Waals surface area contributed by atoms with Gasteiger partial charge in [-0.1, -0.05) is 42.5 Å². The zero-order valence-corrected chi connectivity index (χ0v) is 7.56. The zero-order chi connectivity index (χ0) is 9.36. The van der Waals surface area contributed by atoms with Crippen molar-refractivity contribution in [3.05, 3.63) is 54.6 Å². The molecular formula is C12H13N. The third-order valence-corrected chi connectivity index (χ3v) is 1.51. The van der Waals surface area contributed by atoms with Gasteiger partial charge in [0, 0.05) is 6.21 Å². The molecular weight excluding hydrogens is 158 g/mol. The highest BCUT2D eigenvalue weighted by atomic mass is 14.7. The fraction of sp³-hybridized carbons (Fsp3) is 0.0833. The van der Waals surface area contributed by atoms with E-state index in [4.69, 9.17) is 0 Å². The highest BCUT2D eigenvalue weighted by molar-refractivity contribution is 5.78.